The molecule has 0 N–H and O–H groups in total. The van der Waals surface area contributed by atoms with E-state index in [4.69, 9.17) is 0 Å². The van der Waals surface area contributed by atoms with Crippen molar-refractivity contribution in [3.63, 3.8) is 0 Å². The van der Waals surface area contributed by atoms with Gasteiger partial charge in [0.05, 0.1) is 0 Å². The molecule has 0 amide bonds. The normalized spacial score (nSPS) is 21.9. The minimum absolute atomic E-state index is 0.266. The average Bonchev–Trinajstić information content (AvgIpc) is 2.23. The van der Waals surface area contributed by atoms with Crippen LogP contribution in [0.1, 0.15) is 25.3 Å². The first-order valence-corrected chi connectivity index (χ1v) is 5.07. The van der Waals surface area contributed by atoms with Crippen LogP contribution in [-0.2, 0) is 4.79 Å². The molecule has 0 saturated heterocycles. The lowest BCUT2D eigenvalue weighted by molar-refractivity contribution is -0.115. The van der Waals surface area contributed by atoms with Crippen molar-refractivity contribution in [2.45, 2.75) is 19.8 Å². The summed E-state index contributed by atoms with van der Waals surface area (Å²) in [5, 5.41) is 0. The zero-order valence-corrected chi connectivity index (χ0v) is 8.36. The van der Waals surface area contributed by atoms with Crippen molar-refractivity contribution in [1.82, 2.24) is 0 Å². The van der Waals surface area contributed by atoms with Crippen molar-refractivity contribution in [2.75, 3.05) is 0 Å². The number of rotatable bonds is 1. The van der Waals surface area contributed by atoms with E-state index >= 15 is 0 Å². The van der Waals surface area contributed by atoms with E-state index < -0.39 is 0 Å². The number of carbonyl (C=O) groups is 1. The van der Waals surface area contributed by atoms with Crippen molar-refractivity contribution in [3.05, 3.63) is 42.0 Å². The third-order valence-electron chi connectivity index (χ3n) is 2.78. The second kappa shape index (κ2) is 3.79. The van der Waals surface area contributed by atoms with Gasteiger partial charge in [-0.2, -0.15) is 0 Å². The number of carbonyl (C=O) groups excluding carboxylic acids is 1. The van der Waals surface area contributed by atoms with Crippen LogP contribution in [0.2, 0.25) is 0 Å². The molecule has 72 valence electrons. The molecule has 2 rings (SSSR count). The molecule has 1 atom stereocenters. The van der Waals surface area contributed by atoms with Crippen molar-refractivity contribution >= 4 is 11.4 Å². The molecule has 1 unspecified atom stereocenters. The van der Waals surface area contributed by atoms with Crippen molar-refractivity contribution in [3.8, 4) is 0 Å². The molecule has 1 aliphatic rings. The van der Waals surface area contributed by atoms with E-state index in [1.807, 2.05) is 24.3 Å². The highest BCUT2D eigenvalue weighted by molar-refractivity contribution is 5.98. The van der Waals surface area contributed by atoms with Crippen LogP contribution >= 0.6 is 0 Å². The number of ketones is 1. The Balaban J connectivity index is 2.37. The van der Waals surface area contributed by atoms with Gasteiger partial charge in [-0.25, -0.2) is 0 Å². The fourth-order valence-corrected chi connectivity index (χ4v) is 1.90. The summed E-state index contributed by atoms with van der Waals surface area (Å²) in [6.45, 7) is 2.19. The zero-order valence-electron chi connectivity index (χ0n) is 8.36. The summed E-state index contributed by atoms with van der Waals surface area (Å²) >= 11 is 0. The highest BCUT2D eigenvalue weighted by Gasteiger charge is 2.18. The van der Waals surface area contributed by atoms with Gasteiger partial charge < -0.3 is 0 Å². The Bertz CT molecular complexity index is 362. The lowest BCUT2D eigenvalue weighted by Gasteiger charge is -2.19. The Morgan fingerprint density at radius 2 is 1.93 bits per heavy atom. The van der Waals surface area contributed by atoms with Crippen LogP contribution < -0.4 is 0 Å². The van der Waals surface area contributed by atoms with Crippen LogP contribution in [0.15, 0.2) is 36.4 Å². The zero-order chi connectivity index (χ0) is 9.97. The molecule has 0 aliphatic heterocycles. The van der Waals surface area contributed by atoms with Gasteiger partial charge in [-0.3, -0.25) is 4.79 Å². The van der Waals surface area contributed by atoms with Gasteiger partial charge in [0.25, 0.3) is 0 Å². The van der Waals surface area contributed by atoms with E-state index in [0.717, 1.165) is 6.42 Å². The predicted octanol–water partition coefficient (Wildman–Crippen LogP) is 3.07. The standard InChI is InChI=1S/C13H14O/c1-10-7-8-12(14)9-13(10)11-5-3-2-4-6-11/h2-6,9-10H,7-8H2,1H3. The maximum atomic E-state index is 11.3. The van der Waals surface area contributed by atoms with Crippen LogP contribution in [0.5, 0.6) is 0 Å². The molecule has 1 heteroatoms. The third kappa shape index (κ3) is 1.77. The van der Waals surface area contributed by atoms with Gasteiger partial charge in [0.2, 0.25) is 0 Å². The summed E-state index contributed by atoms with van der Waals surface area (Å²) in [4.78, 5) is 11.3. The molecular weight excluding hydrogens is 172 g/mol. The second-order valence-electron chi connectivity index (χ2n) is 3.87. The Kier molecular flexibility index (Phi) is 2.49. The molecule has 14 heavy (non-hydrogen) atoms. The van der Waals surface area contributed by atoms with Gasteiger partial charge in [0.15, 0.2) is 5.78 Å². The Morgan fingerprint density at radius 1 is 1.21 bits per heavy atom. The fraction of sp³-hybridized carbons (Fsp3) is 0.308. The summed E-state index contributed by atoms with van der Waals surface area (Å²) in [6.07, 6.45) is 3.50. The van der Waals surface area contributed by atoms with E-state index in [9.17, 15) is 4.79 Å². The summed E-state index contributed by atoms with van der Waals surface area (Å²) in [7, 11) is 0. The summed E-state index contributed by atoms with van der Waals surface area (Å²) in [5.41, 5.74) is 2.38. The average molecular weight is 186 g/mol. The van der Waals surface area contributed by atoms with Crippen molar-refractivity contribution in [1.29, 1.82) is 0 Å². The first-order chi connectivity index (χ1) is 6.77. The van der Waals surface area contributed by atoms with Crippen LogP contribution in [0.4, 0.5) is 0 Å². The van der Waals surface area contributed by atoms with E-state index in [1.165, 1.54) is 11.1 Å². The van der Waals surface area contributed by atoms with E-state index in [0.29, 0.717) is 12.3 Å². The molecule has 0 fully saturated rings. The van der Waals surface area contributed by atoms with E-state index in [-0.39, 0.29) is 5.78 Å². The van der Waals surface area contributed by atoms with Gasteiger partial charge in [-0.05, 0) is 29.6 Å². The number of allylic oxidation sites excluding steroid dienone is 2. The Morgan fingerprint density at radius 3 is 2.64 bits per heavy atom. The number of benzene rings is 1. The highest BCUT2D eigenvalue weighted by Crippen LogP contribution is 2.30. The quantitative estimate of drug-likeness (QED) is 0.658. The molecule has 1 aliphatic carbocycles. The molecule has 1 aromatic carbocycles. The predicted molar refractivity (Wildman–Crippen MR) is 57.8 cm³/mol. The summed E-state index contributed by atoms with van der Waals surface area (Å²) in [6, 6.07) is 10.2. The van der Waals surface area contributed by atoms with E-state index in [2.05, 4.69) is 19.1 Å². The largest absolute Gasteiger partial charge is 0.295 e. The lowest BCUT2D eigenvalue weighted by atomic mass is 9.84. The van der Waals surface area contributed by atoms with Crippen LogP contribution in [-0.4, -0.2) is 5.78 Å². The van der Waals surface area contributed by atoms with Crippen LogP contribution in [0, 0.1) is 5.92 Å². The van der Waals surface area contributed by atoms with Gasteiger partial charge >= 0.3 is 0 Å². The van der Waals surface area contributed by atoms with Crippen LogP contribution in [0.3, 0.4) is 0 Å². The molecule has 0 bridgehead atoms. The molecule has 0 spiro atoms. The smallest absolute Gasteiger partial charge is 0.156 e. The SMILES string of the molecule is CC1CCC(=O)C=C1c1ccccc1. The maximum absolute atomic E-state index is 11.3. The Labute approximate surface area is 84.5 Å². The molecule has 0 heterocycles. The summed E-state index contributed by atoms with van der Waals surface area (Å²) < 4.78 is 0. The fourth-order valence-electron chi connectivity index (χ4n) is 1.90. The second-order valence-corrected chi connectivity index (χ2v) is 3.87. The Hall–Kier alpha value is -1.37. The number of hydrogen-bond donors (Lipinski definition) is 0. The molecular formula is C13H14O. The van der Waals surface area contributed by atoms with Crippen molar-refractivity contribution in [2.24, 2.45) is 5.92 Å². The molecule has 0 radical (unpaired) electrons. The topological polar surface area (TPSA) is 17.1 Å². The molecule has 0 aromatic heterocycles. The monoisotopic (exact) mass is 186 g/mol. The van der Waals surface area contributed by atoms with E-state index in [1.54, 1.807) is 0 Å². The van der Waals surface area contributed by atoms with Crippen LogP contribution in [0.25, 0.3) is 5.57 Å². The van der Waals surface area contributed by atoms with Gasteiger partial charge in [-0.1, -0.05) is 37.3 Å². The first kappa shape index (κ1) is 9.20. The molecule has 1 aromatic rings. The number of hydrogen-bond acceptors (Lipinski definition) is 1. The maximum Gasteiger partial charge on any atom is 0.156 e. The summed E-state index contributed by atoms with van der Waals surface area (Å²) in [5.74, 6) is 0.775. The van der Waals surface area contributed by atoms with Crippen molar-refractivity contribution < 1.29 is 4.79 Å². The molecule has 0 saturated carbocycles. The van der Waals surface area contributed by atoms with Gasteiger partial charge in [0, 0.05) is 6.42 Å². The lowest BCUT2D eigenvalue weighted by Crippen LogP contribution is -2.10. The minimum atomic E-state index is 0.266. The van der Waals surface area contributed by atoms with Gasteiger partial charge in [-0.15, -0.1) is 0 Å². The minimum Gasteiger partial charge on any atom is -0.295 e. The first-order valence-electron chi connectivity index (χ1n) is 5.07. The molecule has 1 nitrogen and oxygen atoms in total. The third-order valence-corrected chi connectivity index (χ3v) is 2.78. The highest BCUT2D eigenvalue weighted by atomic mass is 16.1. The van der Waals surface area contributed by atoms with Gasteiger partial charge in [0.1, 0.15) is 0 Å².